The lowest BCUT2D eigenvalue weighted by molar-refractivity contribution is -0.140. The summed E-state index contributed by atoms with van der Waals surface area (Å²) < 4.78 is 11.9. The van der Waals surface area contributed by atoms with Gasteiger partial charge in [0.1, 0.15) is 11.7 Å². The van der Waals surface area contributed by atoms with Gasteiger partial charge in [-0.3, -0.25) is 10.1 Å². The van der Waals surface area contributed by atoms with Gasteiger partial charge in [-0.15, -0.1) is 0 Å². The maximum absolute atomic E-state index is 13.0. The van der Waals surface area contributed by atoms with Gasteiger partial charge in [-0.25, -0.2) is 4.79 Å². The molecule has 1 saturated carbocycles. The number of anilines is 1. The molecule has 1 fully saturated rings. The predicted octanol–water partition coefficient (Wildman–Crippen LogP) is 9.15. The summed E-state index contributed by atoms with van der Waals surface area (Å²) in [7, 11) is 0. The van der Waals surface area contributed by atoms with Gasteiger partial charge in [0, 0.05) is 21.5 Å². The minimum Gasteiger partial charge on any atom is -0.481 e. The van der Waals surface area contributed by atoms with Crippen molar-refractivity contribution in [3.05, 3.63) is 113 Å². The van der Waals surface area contributed by atoms with Crippen molar-refractivity contribution in [2.45, 2.75) is 38.2 Å². The number of carboxylic acids is 1. The smallest absolute Gasteiger partial charge is 0.412 e. The highest BCUT2D eigenvalue weighted by Crippen LogP contribution is 2.48. The van der Waals surface area contributed by atoms with Crippen molar-refractivity contribution in [3.8, 4) is 22.5 Å². The predicted molar refractivity (Wildman–Crippen MR) is 160 cm³/mol. The van der Waals surface area contributed by atoms with Crippen molar-refractivity contribution in [2.75, 3.05) is 5.32 Å². The zero-order chi connectivity index (χ0) is 28.7. The van der Waals surface area contributed by atoms with Crippen molar-refractivity contribution in [1.82, 2.24) is 0 Å². The average molecular weight is 566 g/mol. The number of rotatable bonds is 7. The molecule has 206 valence electrons. The quantitative estimate of drug-likeness (QED) is 0.205. The van der Waals surface area contributed by atoms with E-state index in [1.165, 1.54) is 0 Å². The average Bonchev–Trinajstić information content (AvgIpc) is 3.71. The Bertz CT molecular complexity index is 1770. The van der Waals surface area contributed by atoms with E-state index in [1.807, 2.05) is 91.9 Å². The number of carbonyl (C=O) groups excluding carboxylic acids is 1. The largest absolute Gasteiger partial charge is 0.481 e. The summed E-state index contributed by atoms with van der Waals surface area (Å²) in [5.41, 5.74) is 5.80. The van der Waals surface area contributed by atoms with Crippen LogP contribution < -0.4 is 5.32 Å². The van der Waals surface area contributed by atoms with Gasteiger partial charge in [0.2, 0.25) is 0 Å². The van der Waals surface area contributed by atoms with Crippen molar-refractivity contribution < 1.29 is 23.8 Å². The fraction of sp³-hybridized carbons (Fsp3) is 0.176. The Morgan fingerprint density at radius 1 is 0.927 bits per heavy atom. The van der Waals surface area contributed by atoms with Crippen LogP contribution in [0.25, 0.3) is 33.4 Å². The molecular weight excluding hydrogens is 538 g/mol. The van der Waals surface area contributed by atoms with Crippen LogP contribution in [0.5, 0.6) is 0 Å². The van der Waals surface area contributed by atoms with Gasteiger partial charge in [-0.05, 0) is 67.1 Å². The first-order valence-corrected chi connectivity index (χ1v) is 13.8. The molecule has 2 N–H and O–H groups in total. The maximum atomic E-state index is 13.0. The second kappa shape index (κ2) is 10.5. The molecule has 6 nitrogen and oxygen atoms in total. The van der Waals surface area contributed by atoms with Crippen LogP contribution in [0.3, 0.4) is 0 Å². The lowest BCUT2D eigenvalue weighted by atomic mass is 9.93. The minimum absolute atomic E-state index is 0.520. The van der Waals surface area contributed by atoms with Crippen LogP contribution in [-0.4, -0.2) is 17.2 Å². The van der Waals surface area contributed by atoms with Crippen molar-refractivity contribution >= 4 is 40.3 Å². The van der Waals surface area contributed by atoms with Crippen LogP contribution >= 0.6 is 11.6 Å². The van der Waals surface area contributed by atoms with E-state index in [9.17, 15) is 14.7 Å². The number of carboxylic acid groups (broad SMARTS) is 1. The van der Waals surface area contributed by atoms with Gasteiger partial charge in [-0.2, -0.15) is 0 Å². The van der Waals surface area contributed by atoms with Crippen molar-refractivity contribution in [1.29, 1.82) is 0 Å². The van der Waals surface area contributed by atoms with Gasteiger partial charge in [0.25, 0.3) is 0 Å². The van der Waals surface area contributed by atoms with Crippen molar-refractivity contribution in [3.63, 3.8) is 0 Å². The maximum Gasteiger partial charge on any atom is 0.412 e. The molecule has 1 aliphatic carbocycles. The second-order valence-corrected chi connectivity index (χ2v) is 10.9. The van der Waals surface area contributed by atoms with E-state index in [-0.39, 0.29) is 0 Å². The summed E-state index contributed by atoms with van der Waals surface area (Å²) in [5, 5.41) is 13.8. The van der Waals surface area contributed by atoms with Crippen LogP contribution in [0.4, 0.5) is 10.5 Å². The molecule has 0 spiro atoms. The first kappa shape index (κ1) is 26.7. The molecule has 6 rings (SSSR count). The summed E-state index contributed by atoms with van der Waals surface area (Å²) in [6.45, 7) is 3.76. The normalized spacial score (nSPS) is 14.4. The molecule has 1 aliphatic rings. The molecule has 1 unspecified atom stereocenters. The van der Waals surface area contributed by atoms with E-state index >= 15 is 0 Å². The minimum atomic E-state index is -0.762. The Hall–Kier alpha value is -4.55. The van der Waals surface area contributed by atoms with Crippen LogP contribution in [-0.2, 0) is 14.9 Å². The van der Waals surface area contributed by atoms with E-state index in [1.54, 1.807) is 13.0 Å². The summed E-state index contributed by atoms with van der Waals surface area (Å²) in [4.78, 5) is 24.7. The highest BCUT2D eigenvalue weighted by molar-refractivity contribution is 6.31. The number of hydrogen-bond acceptors (Lipinski definition) is 4. The van der Waals surface area contributed by atoms with E-state index in [4.69, 9.17) is 20.8 Å². The van der Waals surface area contributed by atoms with Gasteiger partial charge >= 0.3 is 12.1 Å². The van der Waals surface area contributed by atoms with E-state index < -0.39 is 23.6 Å². The Morgan fingerprint density at radius 2 is 1.56 bits per heavy atom. The molecule has 7 heteroatoms. The van der Waals surface area contributed by atoms with Crippen LogP contribution in [0, 0.1) is 6.92 Å². The number of furan rings is 1. The van der Waals surface area contributed by atoms with E-state index in [0.717, 1.165) is 38.8 Å². The van der Waals surface area contributed by atoms with Gasteiger partial charge in [-0.1, -0.05) is 84.4 Å². The summed E-state index contributed by atoms with van der Waals surface area (Å²) >= 11 is 6.29. The molecular formula is C34H28ClNO5. The first-order valence-electron chi connectivity index (χ1n) is 13.5. The zero-order valence-electron chi connectivity index (χ0n) is 22.6. The number of benzene rings is 4. The molecule has 5 aromatic rings. The molecule has 0 radical (unpaired) electrons. The highest BCUT2D eigenvalue weighted by atomic mass is 35.5. The van der Waals surface area contributed by atoms with E-state index in [2.05, 4.69) is 5.32 Å². The van der Waals surface area contributed by atoms with E-state index in [0.29, 0.717) is 34.9 Å². The molecule has 0 saturated heterocycles. The number of carbonyl (C=O) groups is 2. The van der Waals surface area contributed by atoms with Gasteiger partial charge in [0.15, 0.2) is 5.76 Å². The van der Waals surface area contributed by atoms with Gasteiger partial charge in [0.05, 0.1) is 11.1 Å². The number of ether oxygens (including phenoxy) is 1. The fourth-order valence-electron chi connectivity index (χ4n) is 5.24. The number of aryl methyl sites for hydroxylation is 1. The third kappa shape index (κ3) is 5.07. The number of nitrogens with one attached hydrogen (secondary N) is 1. The number of aliphatic carboxylic acids is 1. The molecule has 1 aromatic heterocycles. The Morgan fingerprint density at radius 3 is 2.20 bits per heavy atom. The number of hydrogen-bond donors (Lipinski definition) is 2. The Balaban J connectivity index is 1.27. The third-order valence-corrected chi connectivity index (χ3v) is 8.12. The third-order valence-electron chi connectivity index (χ3n) is 7.78. The van der Waals surface area contributed by atoms with Crippen LogP contribution in [0.2, 0.25) is 5.02 Å². The number of amides is 1. The highest BCUT2D eigenvalue weighted by Gasteiger charge is 2.51. The SMILES string of the molecule is Cc1ccc2c(NC(=O)OC(C)c3ccccc3Cl)c(-c3ccc(-c4ccc(C5(C(=O)O)CC5)cc4)cc3)oc2c1. The summed E-state index contributed by atoms with van der Waals surface area (Å²) in [6.07, 6.45) is 0.184. The molecule has 4 aromatic carbocycles. The van der Waals surface area contributed by atoms with Crippen molar-refractivity contribution in [2.24, 2.45) is 0 Å². The zero-order valence-corrected chi connectivity index (χ0v) is 23.4. The fourth-order valence-corrected chi connectivity index (χ4v) is 5.53. The summed E-state index contributed by atoms with van der Waals surface area (Å²) in [6, 6.07) is 28.7. The van der Waals surface area contributed by atoms with Crippen LogP contribution in [0.15, 0.2) is 95.4 Å². The summed E-state index contributed by atoms with van der Waals surface area (Å²) in [5.74, 6) is -0.241. The lowest BCUT2D eigenvalue weighted by Gasteiger charge is -2.15. The standard InChI is InChI=1S/C34H28ClNO5/c1-20-7-16-27-29(19-20)41-31(30(27)36-33(39)40-21(2)26-5-3-4-6-28(26)35)24-10-8-22(9-11-24)23-12-14-25(15-13-23)34(17-18-34)32(37)38/h3-16,19,21H,17-18H2,1-2H3,(H,36,39)(H,37,38). The monoisotopic (exact) mass is 565 g/mol. The van der Waals surface area contributed by atoms with Crippen LogP contribution in [0.1, 0.15) is 42.6 Å². The Labute approximate surface area is 242 Å². The molecule has 1 atom stereocenters. The molecule has 1 heterocycles. The number of fused-ring (bicyclic) bond motifs is 1. The number of halogens is 1. The Kier molecular flexibility index (Phi) is 6.80. The second-order valence-electron chi connectivity index (χ2n) is 10.5. The topological polar surface area (TPSA) is 88.8 Å². The first-order chi connectivity index (χ1) is 19.7. The molecule has 41 heavy (non-hydrogen) atoms. The molecule has 1 amide bonds. The molecule has 0 bridgehead atoms. The molecule has 0 aliphatic heterocycles. The lowest BCUT2D eigenvalue weighted by Crippen LogP contribution is -2.19. The van der Waals surface area contributed by atoms with Gasteiger partial charge < -0.3 is 14.3 Å².